The van der Waals surface area contributed by atoms with Gasteiger partial charge in [-0.1, -0.05) is 36.9 Å². The molecule has 1 aromatic rings. The van der Waals surface area contributed by atoms with E-state index in [2.05, 4.69) is 6.58 Å². The summed E-state index contributed by atoms with van der Waals surface area (Å²) in [7, 11) is 0. The number of carbonyl (C=O) groups excluding carboxylic acids is 2. The molecule has 1 unspecified atom stereocenters. The molecule has 0 aromatic heterocycles. The van der Waals surface area contributed by atoms with Crippen LogP contribution < -0.4 is 0 Å². The number of rotatable bonds is 2. The smallest absolute Gasteiger partial charge is 0.241 e. The number of hydrogen-bond donors (Lipinski definition) is 0. The molecule has 2 rings (SSSR count). The Morgan fingerprint density at radius 3 is 2.47 bits per heavy atom. The van der Waals surface area contributed by atoms with Crippen LogP contribution in [0.1, 0.15) is 17.9 Å². The lowest BCUT2D eigenvalue weighted by Gasteiger charge is -2.09. The summed E-state index contributed by atoms with van der Waals surface area (Å²) in [4.78, 5) is 24.3. The van der Waals surface area contributed by atoms with Crippen molar-refractivity contribution in [1.29, 1.82) is 0 Å². The van der Waals surface area contributed by atoms with Crippen LogP contribution in [0.2, 0.25) is 0 Å². The highest BCUT2D eigenvalue weighted by molar-refractivity contribution is 6.07. The Bertz CT molecular complexity index is 411. The molecule has 1 fully saturated rings. The Hall–Kier alpha value is -1.90. The average Bonchev–Trinajstić information content (AvgIpc) is 2.55. The number of imide groups is 1. The topological polar surface area (TPSA) is 37.4 Å². The maximum atomic E-state index is 11.8. The summed E-state index contributed by atoms with van der Waals surface area (Å²) in [6.45, 7) is 3.46. The summed E-state index contributed by atoms with van der Waals surface area (Å²) in [5.41, 5.74) is 0.889. The van der Waals surface area contributed by atoms with Gasteiger partial charge in [-0.3, -0.25) is 14.5 Å². The van der Waals surface area contributed by atoms with E-state index in [0.29, 0.717) is 0 Å². The van der Waals surface area contributed by atoms with Crippen LogP contribution in [0.25, 0.3) is 0 Å². The zero-order valence-electron chi connectivity index (χ0n) is 8.22. The van der Waals surface area contributed by atoms with Gasteiger partial charge in [-0.25, -0.2) is 0 Å². The molecule has 3 heteroatoms. The molecule has 0 saturated carbocycles. The lowest BCUT2D eigenvalue weighted by atomic mass is 9.98. The van der Waals surface area contributed by atoms with Gasteiger partial charge in [0, 0.05) is 12.6 Å². The molecular formula is C12H11NO2. The first-order valence-corrected chi connectivity index (χ1v) is 4.77. The summed E-state index contributed by atoms with van der Waals surface area (Å²) < 4.78 is 0. The van der Waals surface area contributed by atoms with E-state index in [1.165, 1.54) is 6.20 Å². The molecule has 1 heterocycles. The standard InChI is InChI=1S/C12H11NO2/c1-2-13-11(14)8-10(12(13)15)9-6-4-3-5-7-9/h2-7,10H,1,8H2. The van der Waals surface area contributed by atoms with Crippen LogP contribution in [0.4, 0.5) is 0 Å². The van der Waals surface area contributed by atoms with Crippen molar-refractivity contribution in [2.24, 2.45) is 0 Å². The predicted octanol–water partition coefficient (Wildman–Crippen LogP) is 1.67. The van der Waals surface area contributed by atoms with E-state index in [1.54, 1.807) is 0 Å². The zero-order valence-corrected chi connectivity index (χ0v) is 8.22. The molecule has 1 aliphatic heterocycles. The second-order valence-corrected chi connectivity index (χ2v) is 3.45. The third kappa shape index (κ3) is 1.56. The van der Waals surface area contributed by atoms with Crippen molar-refractivity contribution in [3.8, 4) is 0 Å². The SMILES string of the molecule is C=CN1C(=O)CC(c2ccccc2)C1=O. The summed E-state index contributed by atoms with van der Waals surface area (Å²) in [6.07, 6.45) is 1.53. The molecule has 3 nitrogen and oxygen atoms in total. The van der Waals surface area contributed by atoms with Crippen LogP contribution in [0.5, 0.6) is 0 Å². The Balaban J connectivity index is 2.31. The van der Waals surface area contributed by atoms with E-state index < -0.39 is 0 Å². The van der Waals surface area contributed by atoms with Crippen LogP contribution >= 0.6 is 0 Å². The minimum absolute atomic E-state index is 0.177. The third-order valence-corrected chi connectivity index (χ3v) is 2.57. The number of likely N-dealkylation sites (tertiary alicyclic amines) is 1. The molecule has 1 aromatic carbocycles. The second-order valence-electron chi connectivity index (χ2n) is 3.45. The maximum absolute atomic E-state index is 11.8. The fourth-order valence-electron chi connectivity index (χ4n) is 1.79. The summed E-state index contributed by atoms with van der Waals surface area (Å²) in [5, 5.41) is 0. The molecule has 2 amide bonds. The van der Waals surface area contributed by atoms with Crippen molar-refractivity contribution >= 4 is 11.8 Å². The Kier molecular flexibility index (Phi) is 2.37. The molecule has 0 aliphatic carbocycles. The van der Waals surface area contributed by atoms with Gasteiger partial charge in [0.25, 0.3) is 0 Å². The summed E-state index contributed by atoms with van der Waals surface area (Å²) >= 11 is 0. The first-order valence-electron chi connectivity index (χ1n) is 4.77. The van der Waals surface area contributed by atoms with Crippen molar-refractivity contribution in [3.05, 3.63) is 48.7 Å². The molecular weight excluding hydrogens is 190 g/mol. The van der Waals surface area contributed by atoms with Crippen LogP contribution in [-0.4, -0.2) is 16.7 Å². The second kappa shape index (κ2) is 3.69. The molecule has 1 aliphatic rings. The molecule has 15 heavy (non-hydrogen) atoms. The van der Waals surface area contributed by atoms with Gasteiger partial charge in [-0.2, -0.15) is 0 Å². The minimum Gasteiger partial charge on any atom is -0.274 e. The zero-order chi connectivity index (χ0) is 10.8. The highest BCUT2D eigenvalue weighted by Gasteiger charge is 2.37. The highest BCUT2D eigenvalue weighted by Crippen LogP contribution is 2.29. The van der Waals surface area contributed by atoms with Gasteiger partial charge < -0.3 is 0 Å². The quantitative estimate of drug-likeness (QED) is 0.682. The molecule has 1 atom stereocenters. The first kappa shape index (κ1) is 9.65. The van der Waals surface area contributed by atoms with E-state index in [-0.39, 0.29) is 24.2 Å². The Labute approximate surface area is 88.0 Å². The van der Waals surface area contributed by atoms with Crippen molar-refractivity contribution < 1.29 is 9.59 Å². The van der Waals surface area contributed by atoms with Gasteiger partial charge in [0.05, 0.1) is 5.92 Å². The van der Waals surface area contributed by atoms with Gasteiger partial charge in [0.1, 0.15) is 0 Å². The Morgan fingerprint density at radius 1 is 1.27 bits per heavy atom. The Morgan fingerprint density at radius 2 is 1.93 bits per heavy atom. The fourth-order valence-corrected chi connectivity index (χ4v) is 1.79. The lowest BCUT2D eigenvalue weighted by Crippen LogP contribution is -2.23. The van der Waals surface area contributed by atoms with E-state index in [0.717, 1.165) is 10.5 Å². The first-order chi connectivity index (χ1) is 7.24. The number of amides is 2. The van der Waals surface area contributed by atoms with Crippen LogP contribution in [-0.2, 0) is 9.59 Å². The van der Waals surface area contributed by atoms with E-state index in [9.17, 15) is 9.59 Å². The largest absolute Gasteiger partial charge is 0.274 e. The number of nitrogens with zero attached hydrogens (tertiary/aromatic N) is 1. The minimum atomic E-state index is -0.336. The van der Waals surface area contributed by atoms with Crippen LogP contribution in [0.3, 0.4) is 0 Å². The van der Waals surface area contributed by atoms with E-state index >= 15 is 0 Å². The van der Waals surface area contributed by atoms with Crippen molar-refractivity contribution in [2.45, 2.75) is 12.3 Å². The fraction of sp³-hybridized carbons (Fsp3) is 0.167. The van der Waals surface area contributed by atoms with Crippen molar-refractivity contribution in [2.75, 3.05) is 0 Å². The van der Waals surface area contributed by atoms with E-state index in [4.69, 9.17) is 0 Å². The van der Waals surface area contributed by atoms with Gasteiger partial charge in [0.2, 0.25) is 11.8 Å². The predicted molar refractivity (Wildman–Crippen MR) is 55.9 cm³/mol. The number of hydrogen-bond acceptors (Lipinski definition) is 2. The molecule has 1 saturated heterocycles. The molecule has 0 N–H and O–H groups in total. The molecule has 0 radical (unpaired) electrons. The van der Waals surface area contributed by atoms with Gasteiger partial charge in [-0.05, 0) is 5.56 Å². The van der Waals surface area contributed by atoms with Crippen molar-refractivity contribution in [1.82, 2.24) is 4.90 Å². The molecule has 0 bridgehead atoms. The average molecular weight is 201 g/mol. The van der Waals surface area contributed by atoms with Crippen LogP contribution in [0, 0.1) is 0 Å². The molecule has 76 valence electrons. The maximum Gasteiger partial charge on any atom is 0.241 e. The third-order valence-electron chi connectivity index (χ3n) is 2.57. The van der Waals surface area contributed by atoms with E-state index in [1.807, 2.05) is 30.3 Å². The monoisotopic (exact) mass is 201 g/mol. The normalized spacial score (nSPS) is 20.8. The number of benzene rings is 1. The van der Waals surface area contributed by atoms with Gasteiger partial charge >= 0.3 is 0 Å². The highest BCUT2D eigenvalue weighted by atomic mass is 16.2. The lowest BCUT2D eigenvalue weighted by molar-refractivity contribution is -0.135. The summed E-state index contributed by atoms with van der Waals surface area (Å²) in [5.74, 6) is -0.693. The van der Waals surface area contributed by atoms with Gasteiger partial charge in [-0.15, -0.1) is 0 Å². The number of carbonyl (C=O) groups is 2. The van der Waals surface area contributed by atoms with Crippen LogP contribution in [0.15, 0.2) is 43.1 Å². The van der Waals surface area contributed by atoms with Crippen molar-refractivity contribution in [3.63, 3.8) is 0 Å². The summed E-state index contributed by atoms with van der Waals surface area (Å²) in [6, 6.07) is 9.34. The van der Waals surface area contributed by atoms with Gasteiger partial charge in [0.15, 0.2) is 0 Å². The molecule has 0 spiro atoms.